The number of hydrogen-bond donors (Lipinski definition) is 3. The molecule has 236 valence electrons. The van der Waals surface area contributed by atoms with Crippen molar-refractivity contribution in [3.8, 4) is 5.75 Å². The fraction of sp³-hybridized carbons (Fsp3) is 0.353. The van der Waals surface area contributed by atoms with Crippen molar-refractivity contribution in [1.82, 2.24) is 25.1 Å². The van der Waals surface area contributed by atoms with Crippen molar-refractivity contribution in [2.75, 3.05) is 19.6 Å². The molecule has 0 radical (unpaired) electrons. The quantitative estimate of drug-likeness (QED) is 0.284. The first kappa shape index (κ1) is 31.5. The molecule has 2 fully saturated rings. The van der Waals surface area contributed by atoms with Gasteiger partial charge >= 0.3 is 6.03 Å². The number of nitrogens with one attached hydrogen (secondary N) is 1. The van der Waals surface area contributed by atoms with Gasteiger partial charge in [0.15, 0.2) is 0 Å². The number of nitrogens with two attached hydrogens (primary N) is 1. The van der Waals surface area contributed by atoms with E-state index < -0.39 is 18.1 Å². The van der Waals surface area contributed by atoms with Crippen LogP contribution in [0.1, 0.15) is 53.2 Å². The third kappa shape index (κ3) is 7.43. The maximum atomic E-state index is 14.2. The first-order chi connectivity index (χ1) is 21.7. The molecule has 0 saturated carbocycles. The summed E-state index contributed by atoms with van der Waals surface area (Å²) >= 11 is 0. The normalized spacial score (nSPS) is 18.6. The average molecular weight is 613 g/mol. The minimum absolute atomic E-state index is 0.0288. The number of nitrogens with zero attached hydrogens (tertiary/aromatic N) is 4. The molecule has 0 aromatic heterocycles. The Hall–Kier alpha value is -4.90. The van der Waals surface area contributed by atoms with Crippen molar-refractivity contribution in [3.05, 3.63) is 101 Å². The summed E-state index contributed by atoms with van der Waals surface area (Å²) < 4.78 is 0. The van der Waals surface area contributed by atoms with Gasteiger partial charge in [-0.15, -0.1) is 0 Å². The van der Waals surface area contributed by atoms with Gasteiger partial charge in [0, 0.05) is 31.6 Å². The fourth-order valence-electron chi connectivity index (χ4n) is 6.03. The van der Waals surface area contributed by atoms with Gasteiger partial charge in [0.1, 0.15) is 18.0 Å². The smallest absolute Gasteiger partial charge is 0.334 e. The predicted octanol–water partition coefficient (Wildman–Crippen LogP) is 3.23. The summed E-state index contributed by atoms with van der Waals surface area (Å²) in [6.45, 7) is 3.14. The van der Waals surface area contributed by atoms with Crippen LogP contribution in [0.2, 0.25) is 0 Å². The largest absolute Gasteiger partial charge is 0.508 e. The number of phenolic OH excluding ortho intramolecular Hbond substituents is 1. The van der Waals surface area contributed by atoms with E-state index in [2.05, 4.69) is 12.2 Å². The predicted molar refractivity (Wildman–Crippen MR) is 168 cm³/mol. The summed E-state index contributed by atoms with van der Waals surface area (Å²) in [5.74, 6) is -0.960. The molecule has 11 heteroatoms. The molecular weight excluding hydrogens is 572 g/mol. The van der Waals surface area contributed by atoms with Crippen LogP contribution in [0.4, 0.5) is 4.79 Å². The van der Waals surface area contributed by atoms with E-state index in [1.54, 1.807) is 62.3 Å². The molecule has 2 aliphatic rings. The maximum Gasteiger partial charge on any atom is 0.334 e. The Bertz CT molecular complexity index is 1510. The molecule has 4 N–H and O–H groups in total. The number of hydrogen-bond acceptors (Lipinski definition) is 6. The lowest BCUT2D eigenvalue weighted by Crippen LogP contribution is -2.76. The van der Waals surface area contributed by atoms with Gasteiger partial charge in [0.05, 0.1) is 13.1 Å². The topological polar surface area (TPSA) is 140 Å². The zero-order chi connectivity index (χ0) is 31.9. The van der Waals surface area contributed by atoms with Crippen molar-refractivity contribution < 1.29 is 24.3 Å². The molecular formula is C34H40N6O5. The highest BCUT2D eigenvalue weighted by atomic mass is 16.3. The van der Waals surface area contributed by atoms with E-state index in [1.165, 1.54) is 0 Å². The van der Waals surface area contributed by atoms with E-state index in [0.717, 1.165) is 30.4 Å². The van der Waals surface area contributed by atoms with Gasteiger partial charge in [-0.05, 0) is 47.4 Å². The number of rotatable bonds is 11. The molecule has 5 rings (SSSR count). The Morgan fingerprint density at radius 3 is 2.38 bits per heavy atom. The van der Waals surface area contributed by atoms with Crippen LogP contribution in [0, 0.1) is 0 Å². The third-order valence-corrected chi connectivity index (χ3v) is 8.29. The van der Waals surface area contributed by atoms with Crippen LogP contribution in [0.5, 0.6) is 5.75 Å². The van der Waals surface area contributed by atoms with Crippen LogP contribution in [-0.4, -0.2) is 80.5 Å². The number of primary amides is 1. The highest BCUT2D eigenvalue weighted by Crippen LogP contribution is 2.30. The Morgan fingerprint density at radius 2 is 1.67 bits per heavy atom. The monoisotopic (exact) mass is 612 g/mol. The minimum Gasteiger partial charge on any atom is -0.508 e. The van der Waals surface area contributed by atoms with Crippen LogP contribution in [-0.2, 0) is 29.1 Å². The van der Waals surface area contributed by atoms with Crippen molar-refractivity contribution in [2.24, 2.45) is 5.73 Å². The molecule has 2 unspecified atom stereocenters. The van der Waals surface area contributed by atoms with Gasteiger partial charge in [-0.25, -0.2) is 14.8 Å². The molecule has 3 aromatic carbocycles. The summed E-state index contributed by atoms with van der Waals surface area (Å²) in [6, 6.07) is 21.7. The van der Waals surface area contributed by atoms with Crippen LogP contribution in [0.3, 0.4) is 0 Å². The number of unbranched alkanes of at least 4 members (excludes halogenated alkanes) is 2. The Balaban J connectivity index is 1.50. The molecule has 0 spiro atoms. The van der Waals surface area contributed by atoms with E-state index in [4.69, 9.17) is 5.73 Å². The molecule has 2 heterocycles. The zero-order valence-electron chi connectivity index (χ0n) is 25.5. The molecule has 0 aliphatic carbocycles. The standard InChI is InChI=1S/C34H40N6O5/c1-2-3-7-17-38-23-31(42)39-29(19-24-13-15-28(41)16-14-24)33(44)37(21-26-11-8-12-27(18-26)32(35)43)22-30(39)40(38)34(45)36-20-25-9-5-4-6-10-25/h4-6,8-16,18,29-30,41H,2-3,7,17,19-23H2,1H3,(H2,35,43)(H,36,45). The number of carbonyl (C=O) groups is 4. The van der Waals surface area contributed by atoms with Crippen molar-refractivity contribution in [2.45, 2.75) is 57.9 Å². The lowest BCUT2D eigenvalue weighted by Gasteiger charge is -2.55. The summed E-state index contributed by atoms with van der Waals surface area (Å²) in [5.41, 5.74) is 8.25. The Morgan fingerprint density at radius 1 is 0.933 bits per heavy atom. The van der Waals surface area contributed by atoms with Gasteiger partial charge in [-0.3, -0.25) is 14.4 Å². The molecule has 3 aromatic rings. The first-order valence-electron chi connectivity index (χ1n) is 15.4. The van der Waals surface area contributed by atoms with E-state index >= 15 is 0 Å². The van der Waals surface area contributed by atoms with E-state index in [9.17, 15) is 24.3 Å². The number of amides is 5. The van der Waals surface area contributed by atoms with Gasteiger partial charge in [-0.2, -0.15) is 0 Å². The molecule has 2 aliphatic heterocycles. The fourth-order valence-corrected chi connectivity index (χ4v) is 6.03. The molecule has 11 nitrogen and oxygen atoms in total. The second kappa shape index (κ2) is 14.3. The number of piperazine rings is 1. The van der Waals surface area contributed by atoms with Gasteiger partial charge in [0.2, 0.25) is 17.7 Å². The number of carbonyl (C=O) groups excluding carboxylic acids is 4. The lowest BCUT2D eigenvalue weighted by molar-refractivity contribution is -0.191. The Labute approximate surface area is 263 Å². The van der Waals surface area contributed by atoms with E-state index in [1.807, 2.05) is 36.4 Å². The molecule has 0 bridgehead atoms. The molecule has 2 saturated heterocycles. The molecule has 2 atom stereocenters. The number of fused-ring (bicyclic) bond motifs is 1. The highest BCUT2D eigenvalue weighted by Gasteiger charge is 2.51. The van der Waals surface area contributed by atoms with Crippen LogP contribution in [0.25, 0.3) is 0 Å². The number of benzene rings is 3. The summed E-state index contributed by atoms with van der Waals surface area (Å²) in [5, 5.41) is 16.3. The molecule has 45 heavy (non-hydrogen) atoms. The van der Waals surface area contributed by atoms with Crippen LogP contribution < -0.4 is 11.1 Å². The van der Waals surface area contributed by atoms with Crippen molar-refractivity contribution in [1.29, 1.82) is 0 Å². The highest BCUT2D eigenvalue weighted by molar-refractivity contribution is 5.93. The molecule has 5 amide bonds. The number of hydrazine groups is 1. The third-order valence-electron chi connectivity index (χ3n) is 8.29. The Kier molecular flexibility index (Phi) is 9.99. The second-order valence-corrected chi connectivity index (χ2v) is 11.5. The van der Waals surface area contributed by atoms with Gasteiger partial charge < -0.3 is 26.0 Å². The van der Waals surface area contributed by atoms with E-state index in [0.29, 0.717) is 24.2 Å². The SMILES string of the molecule is CCCCCN1CC(=O)N2C(Cc3ccc(O)cc3)C(=O)N(Cc3cccc(C(N)=O)c3)CC2N1C(=O)NCc1ccccc1. The zero-order valence-corrected chi connectivity index (χ0v) is 25.5. The van der Waals surface area contributed by atoms with E-state index in [-0.39, 0.29) is 49.7 Å². The summed E-state index contributed by atoms with van der Waals surface area (Å²) in [7, 11) is 0. The minimum atomic E-state index is -0.887. The van der Waals surface area contributed by atoms with Gasteiger partial charge in [-0.1, -0.05) is 74.4 Å². The van der Waals surface area contributed by atoms with Gasteiger partial charge in [0.25, 0.3) is 0 Å². The maximum absolute atomic E-state index is 14.2. The number of urea groups is 1. The van der Waals surface area contributed by atoms with Crippen molar-refractivity contribution >= 4 is 23.8 Å². The van der Waals surface area contributed by atoms with Crippen molar-refractivity contribution in [3.63, 3.8) is 0 Å². The first-order valence-corrected chi connectivity index (χ1v) is 15.4. The van der Waals surface area contributed by atoms with Crippen LogP contribution in [0.15, 0.2) is 78.9 Å². The lowest BCUT2D eigenvalue weighted by atomic mass is 9.98. The number of phenols is 1. The summed E-state index contributed by atoms with van der Waals surface area (Å²) in [4.78, 5) is 57.1. The second-order valence-electron chi connectivity index (χ2n) is 11.5. The number of aromatic hydroxyl groups is 1. The van der Waals surface area contributed by atoms with Crippen LogP contribution >= 0.6 is 0 Å². The average Bonchev–Trinajstić information content (AvgIpc) is 3.03. The summed E-state index contributed by atoms with van der Waals surface area (Å²) in [6.07, 6.45) is 2.18.